The minimum atomic E-state index is -0.875. The van der Waals surface area contributed by atoms with Gasteiger partial charge >= 0.3 is 17.3 Å². The molecule has 0 spiro atoms. The highest BCUT2D eigenvalue weighted by Gasteiger charge is 2.22. The Kier molecular flexibility index (Phi) is 26.5. The molecule has 15 heteroatoms. The number of anilines is 2. The number of carbonyl (C=O) groups is 2. The lowest BCUT2D eigenvalue weighted by molar-refractivity contribution is -0.386. The zero-order chi connectivity index (χ0) is 63.1. The van der Waals surface area contributed by atoms with Crippen LogP contribution in [0.1, 0.15) is 209 Å². The zero-order valence-electron chi connectivity index (χ0n) is 52.9. The number of phenolic OH excluding ortho intramolecular Hbond substituents is 1. The first kappa shape index (κ1) is 68.8. The van der Waals surface area contributed by atoms with Crippen molar-refractivity contribution in [2.75, 3.05) is 32.4 Å². The van der Waals surface area contributed by atoms with E-state index in [4.69, 9.17) is 25.1 Å². The van der Waals surface area contributed by atoms with E-state index in [1.807, 2.05) is 56.3 Å². The molecule has 0 saturated heterocycles. The molecule has 4 aliphatic carbocycles. The molecule has 86 heavy (non-hydrogen) atoms. The standard InChI is InChI=1S/C23H29NO2.C12H15NO3.C12H17NO.C11H13NO3.C11H14O2.C2H6/c1-23(2,3)19-12-10-16(11-13-19)22(25)24-20-14-17-8-6-5-7-9-18(17)15-21(20)26-4;1-16-12-8-10-6-4-2-3-5-9(10)7-11(12)13(14)15;1-14-12-8-10-6-4-2-3-5-9(10)7-11(12)13;13-11-7-9-5-3-1-2-4-8(9)6-10(11)12(14)15;1-11(2,3)9-6-4-8(5-7-9)10(12)13;1-2/h10-15H,5-9H2,1-4H3,(H,24,25);7-8H,2-6H2,1H3;7-8H,2-6,13H2,1H3;6-7,13H,1-5H2;4-7H,1-3H3,(H,12,13);1-2H3. The Balaban J connectivity index is 0.000000200. The van der Waals surface area contributed by atoms with Crippen molar-refractivity contribution in [1.82, 2.24) is 0 Å². The molecule has 0 radical (unpaired) electrons. The van der Waals surface area contributed by atoms with E-state index in [1.165, 1.54) is 104 Å². The first-order valence-electron chi connectivity index (χ1n) is 30.7. The first-order valence-corrected chi connectivity index (χ1v) is 30.7. The molecule has 6 aromatic rings. The summed E-state index contributed by atoms with van der Waals surface area (Å²) in [5.41, 5.74) is 20.8. The average Bonchev–Trinajstić information content (AvgIpc) is 4.06. The highest BCUT2D eigenvalue weighted by molar-refractivity contribution is 6.05. The van der Waals surface area contributed by atoms with Crippen LogP contribution in [0.25, 0.3) is 0 Å². The van der Waals surface area contributed by atoms with E-state index in [-0.39, 0.29) is 38.8 Å². The third-order valence-electron chi connectivity index (χ3n) is 16.1. The van der Waals surface area contributed by atoms with Crippen LogP contribution in [0, 0.1) is 20.2 Å². The van der Waals surface area contributed by atoms with Gasteiger partial charge in [0.05, 0.1) is 48.1 Å². The number of carboxylic acid groups (broad SMARTS) is 1. The number of nitrogen functional groups attached to an aromatic ring is 1. The van der Waals surface area contributed by atoms with Crippen molar-refractivity contribution in [2.45, 2.75) is 195 Å². The number of hydrogen-bond acceptors (Lipinski definition) is 11. The smallest absolute Gasteiger partial charge is 0.335 e. The quantitative estimate of drug-likeness (QED) is 0.0483. The molecular weight excluding hydrogens is 1080 g/mol. The van der Waals surface area contributed by atoms with Crippen molar-refractivity contribution in [3.8, 4) is 23.0 Å². The number of carbonyl (C=O) groups excluding carboxylic acids is 1. The molecule has 6 aromatic carbocycles. The second kappa shape index (κ2) is 33.1. The van der Waals surface area contributed by atoms with Crippen LogP contribution >= 0.6 is 0 Å². The summed E-state index contributed by atoms with van der Waals surface area (Å²) in [7, 11) is 4.81. The predicted octanol–water partition coefficient (Wildman–Crippen LogP) is 17.2. The predicted molar refractivity (Wildman–Crippen MR) is 346 cm³/mol. The highest BCUT2D eigenvalue weighted by Crippen LogP contribution is 2.36. The Morgan fingerprint density at radius 1 is 0.465 bits per heavy atom. The number of aryl methyl sites for hydroxylation is 8. The number of nitrogens with zero attached hydrogens (tertiary/aromatic N) is 2. The maximum Gasteiger partial charge on any atom is 0.335 e. The number of amides is 1. The van der Waals surface area contributed by atoms with Gasteiger partial charge < -0.3 is 35.5 Å². The van der Waals surface area contributed by atoms with Gasteiger partial charge in [-0.25, -0.2) is 4.79 Å². The Morgan fingerprint density at radius 2 is 0.791 bits per heavy atom. The Hall–Kier alpha value is -7.94. The molecule has 0 atom stereocenters. The SMILES string of the molecule is CC.CC(C)(C)c1ccc(C(=O)O)cc1.COc1cc2c(cc1N)CCCCC2.COc1cc2c(cc1NC(=O)c1ccc(C(C)(C)C)cc1)CCCCC2.COc1cc2c(cc1[N+](=O)[O-])CCCCC2.O=[N+]([O-])c1cc2c(cc1O)CCCCC2. The van der Waals surface area contributed by atoms with Gasteiger partial charge in [0.25, 0.3) is 5.91 Å². The number of rotatable bonds is 8. The van der Waals surface area contributed by atoms with Crippen molar-refractivity contribution in [3.63, 3.8) is 0 Å². The summed E-state index contributed by atoms with van der Waals surface area (Å²) in [6, 6.07) is 29.8. The van der Waals surface area contributed by atoms with Crippen LogP contribution in [0.5, 0.6) is 23.0 Å². The van der Waals surface area contributed by atoms with Gasteiger partial charge in [-0.15, -0.1) is 0 Å². The lowest BCUT2D eigenvalue weighted by Gasteiger charge is -2.19. The molecule has 1 amide bonds. The number of phenols is 1. The molecule has 5 N–H and O–H groups in total. The monoisotopic (exact) mass is 1180 g/mol. The van der Waals surface area contributed by atoms with Crippen LogP contribution in [0.2, 0.25) is 0 Å². The van der Waals surface area contributed by atoms with E-state index in [0.29, 0.717) is 16.9 Å². The van der Waals surface area contributed by atoms with Gasteiger partial charge in [-0.3, -0.25) is 25.0 Å². The lowest BCUT2D eigenvalue weighted by Crippen LogP contribution is -2.15. The van der Waals surface area contributed by atoms with Crippen LogP contribution < -0.4 is 25.3 Å². The summed E-state index contributed by atoms with van der Waals surface area (Å²) in [5.74, 6) is 0.764. The van der Waals surface area contributed by atoms with Gasteiger partial charge in [0.2, 0.25) is 0 Å². The van der Waals surface area contributed by atoms with E-state index < -0.39 is 10.9 Å². The zero-order valence-corrected chi connectivity index (χ0v) is 52.9. The Bertz CT molecular complexity index is 3210. The van der Waals surface area contributed by atoms with Crippen molar-refractivity contribution in [2.24, 2.45) is 0 Å². The van der Waals surface area contributed by atoms with Crippen LogP contribution in [-0.4, -0.2) is 53.3 Å². The summed E-state index contributed by atoms with van der Waals surface area (Å²) >= 11 is 0. The van der Waals surface area contributed by atoms with Gasteiger partial charge in [-0.2, -0.15) is 0 Å². The fourth-order valence-corrected chi connectivity index (χ4v) is 11.1. The van der Waals surface area contributed by atoms with Crippen LogP contribution in [0.3, 0.4) is 0 Å². The van der Waals surface area contributed by atoms with Crippen molar-refractivity contribution >= 4 is 34.6 Å². The maximum absolute atomic E-state index is 12.7. The molecule has 0 fully saturated rings. The summed E-state index contributed by atoms with van der Waals surface area (Å²) < 4.78 is 15.8. The number of methoxy groups -OCH3 is 3. The lowest BCUT2D eigenvalue weighted by atomic mass is 9.86. The number of carboxylic acids is 1. The summed E-state index contributed by atoms with van der Waals surface area (Å²) in [6.07, 6.45) is 22.7. The fourth-order valence-electron chi connectivity index (χ4n) is 11.1. The number of aromatic carboxylic acids is 1. The fraction of sp³-hybridized carbons (Fsp3) is 0.465. The third kappa shape index (κ3) is 20.1. The molecule has 15 nitrogen and oxygen atoms in total. The number of nitro groups is 2. The number of nitrogens with two attached hydrogens (primary N) is 1. The Morgan fingerprint density at radius 3 is 1.16 bits per heavy atom. The topological polar surface area (TPSA) is 227 Å². The number of fused-ring (bicyclic) bond motifs is 4. The molecule has 0 saturated carbocycles. The number of nitrogens with one attached hydrogen (secondary N) is 1. The highest BCUT2D eigenvalue weighted by atomic mass is 16.6. The van der Waals surface area contributed by atoms with Crippen molar-refractivity contribution in [1.29, 1.82) is 0 Å². The van der Waals surface area contributed by atoms with E-state index in [9.17, 15) is 34.9 Å². The number of nitro benzene ring substituents is 2. The summed E-state index contributed by atoms with van der Waals surface area (Å²) in [6.45, 7) is 16.8. The maximum atomic E-state index is 12.7. The van der Waals surface area contributed by atoms with Crippen LogP contribution in [-0.2, 0) is 62.2 Å². The first-order chi connectivity index (χ1) is 41.0. The van der Waals surface area contributed by atoms with E-state index in [2.05, 4.69) is 71.1 Å². The molecule has 0 bridgehead atoms. The average molecular weight is 1180 g/mol. The van der Waals surface area contributed by atoms with Gasteiger partial charge in [-0.05, 0) is 230 Å². The third-order valence-corrected chi connectivity index (χ3v) is 16.1. The minimum Gasteiger partial charge on any atom is -0.502 e. The molecule has 464 valence electrons. The summed E-state index contributed by atoms with van der Waals surface area (Å²) in [5, 5.41) is 42.7. The molecule has 4 aliphatic rings. The molecule has 10 rings (SSSR count). The second-order valence-corrected chi connectivity index (χ2v) is 24.3. The van der Waals surface area contributed by atoms with Crippen LogP contribution in [0.4, 0.5) is 22.7 Å². The Labute approximate surface area is 510 Å². The molecular formula is C71H94N4O11. The van der Waals surface area contributed by atoms with Gasteiger partial charge in [0, 0.05) is 17.7 Å². The van der Waals surface area contributed by atoms with Gasteiger partial charge in [-0.1, -0.05) is 105 Å². The largest absolute Gasteiger partial charge is 0.502 e. The number of benzene rings is 6. The molecule has 0 aromatic heterocycles. The summed E-state index contributed by atoms with van der Waals surface area (Å²) in [4.78, 5) is 43.9. The normalized spacial score (nSPS) is 14.2. The van der Waals surface area contributed by atoms with Gasteiger partial charge in [0.1, 0.15) is 11.5 Å². The van der Waals surface area contributed by atoms with Crippen molar-refractivity contribution < 1.29 is 43.9 Å². The van der Waals surface area contributed by atoms with E-state index in [0.717, 1.165) is 116 Å². The number of aromatic hydroxyl groups is 1. The molecule has 0 aliphatic heterocycles. The minimum absolute atomic E-state index is 0.0786. The van der Waals surface area contributed by atoms with Crippen molar-refractivity contribution in [3.05, 3.63) is 184 Å². The van der Waals surface area contributed by atoms with E-state index >= 15 is 0 Å². The van der Waals surface area contributed by atoms with Gasteiger partial charge in [0.15, 0.2) is 11.5 Å². The number of ether oxygens (including phenoxy) is 3. The number of hydrogen-bond donors (Lipinski definition) is 4. The van der Waals surface area contributed by atoms with Crippen LogP contribution in [0.15, 0.2) is 97.1 Å². The van der Waals surface area contributed by atoms with E-state index in [1.54, 1.807) is 38.5 Å². The second-order valence-electron chi connectivity index (χ2n) is 24.3. The molecule has 0 heterocycles. The molecule has 0 unspecified atom stereocenters.